The predicted octanol–water partition coefficient (Wildman–Crippen LogP) is 0.931. The van der Waals surface area contributed by atoms with Crippen LogP contribution in [0, 0.1) is 11.3 Å². The summed E-state index contributed by atoms with van der Waals surface area (Å²) >= 11 is 5.55. The minimum Gasteiger partial charge on any atom is -0.248 e. The Hall–Kier alpha value is -1.08. The Bertz CT molecular complexity index is 262. The fraction of sp³-hybridized carbons (Fsp3) is 0.500. The lowest BCUT2D eigenvalue weighted by atomic mass is 10.5. The number of nitriles is 1. The molecule has 0 saturated heterocycles. The van der Waals surface area contributed by atoms with E-state index in [0.717, 1.165) is 0 Å². The molecule has 0 saturated carbocycles. The van der Waals surface area contributed by atoms with Crippen LogP contribution < -0.4 is 0 Å². The summed E-state index contributed by atoms with van der Waals surface area (Å²) < 4.78 is 1.64. The molecule has 1 aromatic heterocycles. The van der Waals surface area contributed by atoms with E-state index in [1.165, 1.54) is 6.33 Å². The Labute approximate surface area is 69.4 Å². The van der Waals surface area contributed by atoms with Crippen LogP contribution in [0.25, 0.3) is 0 Å². The molecule has 1 rings (SSSR count). The number of rotatable bonds is 3. The first-order valence-corrected chi connectivity index (χ1v) is 3.71. The van der Waals surface area contributed by atoms with Crippen molar-refractivity contribution >= 4 is 11.6 Å². The number of hydrogen-bond acceptors (Lipinski definition) is 3. The van der Waals surface area contributed by atoms with E-state index >= 15 is 0 Å². The molecule has 11 heavy (non-hydrogen) atoms. The van der Waals surface area contributed by atoms with Crippen molar-refractivity contribution in [2.24, 2.45) is 0 Å². The average molecular weight is 171 g/mol. The first-order valence-electron chi connectivity index (χ1n) is 3.18. The third-order valence-corrected chi connectivity index (χ3v) is 1.49. The van der Waals surface area contributed by atoms with E-state index < -0.39 is 0 Å². The van der Waals surface area contributed by atoms with Crippen molar-refractivity contribution in [2.75, 3.05) is 0 Å². The van der Waals surface area contributed by atoms with Gasteiger partial charge in [-0.2, -0.15) is 10.4 Å². The van der Waals surface area contributed by atoms with Crippen molar-refractivity contribution < 1.29 is 0 Å². The maximum atomic E-state index is 8.28. The van der Waals surface area contributed by atoms with E-state index in [9.17, 15) is 0 Å². The zero-order chi connectivity index (χ0) is 8.10. The van der Waals surface area contributed by atoms with Crippen LogP contribution in [0.5, 0.6) is 0 Å². The SMILES string of the molecule is N#CCCn1ncnc1CCl. The third-order valence-electron chi connectivity index (χ3n) is 1.25. The normalized spacial score (nSPS) is 9.45. The number of hydrogen-bond donors (Lipinski definition) is 0. The highest BCUT2D eigenvalue weighted by atomic mass is 35.5. The Balaban J connectivity index is 2.62. The Kier molecular flexibility index (Phi) is 2.87. The second-order valence-corrected chi connectivity index (χ2v) is 2.21. The van der Waals surface area contributed by atoms with Crippen molar-refractivity contribution in [3.05, 3.63) is 12.2 Å². The van der Waals surface area contributed by atoms with E-state index in [0.29, 0.717) is 24.7 Å². The van der Waals surface area contributed by atoms with Gasteiger partial charge in [0.1, 0.15) is 12.2 Å². The second kappa shape index (κ2) is 3.94. The first kappa shape index (κ1) is 8.02. The Morgan fingerprint density at radius 2 is 2.55 bits per heavy atom. The van der Waals surface area contributed by atoms with Gasteiger partial charge in [0.25, 0.3) is 0 Å². The summed E-state index contributed by atoms with van der Waals surface area (Å²) in [5.41, 5.74) is 0. The van der Waals surface area contributed by atoms with E-state index in [1.54, 1.807) is 4.68 Å². The smallest absolute Gasteiger partial charge is 0.141 e. The molecule has 4 nitrogen and oxygen atoms in total. The molecule has 0 radical (unpaired) electrons. The van der Waals surface area contributed by atoms with Gasteiger partial charge in [-0.15, -0.1) is 11.6 Å². The zero-order valence-corrected chi connectivity index (χ0v) is 6.62. The number of alkyl halides is 1. The Morgan fingerprint density at radius 3 is 3.18 bits per heavy atom. The van der Waals surface area contributed by atoms with Crippen LogP contribution in [0.1, 0.15) is 12.2 Å². The van der Waals surface area contributed by atoms with Gasteiger partial charge in [0.15, 0.2) is 0 Å². The molecule has 0 fully saturated rings. The summed E-state index contributed by atoms with van der Waals surface area (Å²) in [6.45, 7) is 0.568. The fourth-order valence-corrected chi connectivity index (χ4v) is 0.941. The van der Waals surface area contributed by atoms with Gasteiger partial charge in [-0.1, -0.05) is 0 Å². The van der Waals surface area contributed by atoms with Crippen molar-refractivity contribution in [3.63, 3.8) is 0 Å². The van der Waals surface area contributed by atoms with E-state index in [-0.39, 0.29) is 0 Å². The highest BCUT2D eigenvalue weighted by molar-refractivity contribution is 6.16. The van der Waals surface area contributed by atoms with Gasteiger partial charge in [-0.25, -0.2) is 9.67 Å². The van der Waals surface area contributed by atoms with E-state index in [4.69, 9.17) is 16.9 Å². The van der Waals surface area contributed by atoms with Gasteiger partial charge in [-0.3, -0.25) is 0 Å². The molecule has 0 aliphatic rings. The summed E-state index contributed by atoms with van der Waals surface area (Å²) in [5.74, 6) is 1.05. The van der Waals surface area contributed by atoms with Gasteiger partial charge < -0.3 is 0 Å². The molecule has 0 N–H and O–H groups in total. The van der Waals surface area contributed by atoms with E-state index in [1.807, 2.05) is 6.07 Å². The van der Waals surface area contributed by atoms with E-state index in [2.05, 4.69) is 10.1 Å². The number of aryl methyl sites for hydroxylation is 1. The predicted molar refractivity (Wildman–Crippen MR) is 39.8 cm³/mol. The second-order valence-electron chi connectivity index (χ2n) is 1.94. The lowest BCUT2D eigenvalue weighted by Gasteiger charge is -1.97. The van der Waals surface area contributed by atoms with Crippen LogP contribution in [-0.2, 0) is 12.4 Å². The monoisotopic (exact) mass is 170 g/mol. The number of halogens is 1. The highest BCUT2D eigenvalue weighted by Gasteiger charge is 2.00. The molecule has 1 aromatic rings. The van der Waals surface area contributed by atoms with Gasteiger partial charge in [0, 0.05) is 0 Å². The lowest BCUT2D eigenvalue weighted by molar-refractivity contribution is 0.603. The van der Waals surface area contributed by atoms with Crippen LogP contribution >= 0.6 is 11.6 Å². The molecule has 5 heteroatoms. The van der Waals surface area contributed by atoms with Gasteiger partial charge in [0.05, 0.1) is 24.9 Å². The van der Waals surface area contributed by atoms with Gasteiger partial charge >= 0.3 is 0 Å². The summed E-state index contributed by atoms with van der Waals surface area (Å²) in [6.07, 6.45) is 1.88. The third kappa shape index (κ3) is 1.92. The van der Waals surface area contributed by atoms with Gasteiger partial charge in [-0.05, 0) is 0 Å². The molecule has 0 bridgehead atoms. The van der Waals surface area contributed by atoms with Gasteiger partial charge in [0.2, 0.25) is 0 Å². The quantitative estimate of drug-likeness (QED) is 0.635. The topological polar surface area (TPSA) is 54.5 Å². The molecule has 0 spiro atoms. The van der Waals surface area contributed by atoms with Crippen LogP contribution in [0.4, 0.5) is 0 Å². The molecule has 0 aliphatic carbocycles. The summed E-state index contributed by atoms with van der Waals surface area (Å²) in [5, 5.41) is 12.2. The summed E-state index contributed by atoms with van der Waals surface area (Å²) in [7, 11) is 0. The van der Waals surface area contributed by atoms with Crippen LogP contribution in [0.3, 0.4) is 0 Å². The van der Waals surface area contributed by atoms with Crippen LogP contribution in [0.15, 0.2) is 6.33 Å². The zero-order valence-electron chi connectivity index (χ0n) is 5.87. The maximum Gasteiger partial charge on any atom is 0.141 e. The highest BCUT2D eigenvalue weighted by Crippen LogP contribution is 1.98. The number of nitrogens with zero attached hydrogens (tertiary/aromatic N) is 4. The van der Waals surface area contributed by atoms with Crippen LogP contribution in [-0.4, -0.2) is 14.8 Å². The maximum absolute atomic E-state index is 8.28. The molecular weight excluding hydrogens is 164 g/mol. The van der Waals surface area contributed by atoms with Crippen molar-refractivity contribution in [1.82, 2.24) is 14.8 Å². The molecule has 0 atom stereocenters. The average Bonchev–Trinajstić information content (AvgIpc) is 2.47. The minimum absolute atomic E-state index is 0.339. The van der Waals surface area contributed by atoms with Crippen molar-refractivity contribution in [2.45, 2.75) is 18.8 Å². The largest absolute Gasteiger partial charge is 0.248 e. The summed E-state index contributed by atoms with van der Waals surface area (Å²) in [6, 6.07) is 2.03. The summed E-state index contributed by atoms with van der Waals surface area (Å²) in [4.78, 5) is 3.90. The minimum atomic E-state index is 0.339. The molecule has 0 aromatic carbocycles. The van der Waals surface area contributed by atoms with Crippen molar-refractivity contribution in [1.29, 1.82) is 5.26 Å². The Morgan fingerprint density at radius 1 is 1.73 bits per heavy atom. The molecule has 1 heterocycles. The fourth-order valence-electron chi connectivity index (χ4n) is 0.734. The lowest BCUT2D eigenvalue weighted by Crippen LogP contribution is -2.03. The number of aromatic nitrogens is 3. The molecule has 0 aliphatic heterocycles. The molecule has 0 unspecified atom stereocenters. The molecule has 0 amide bonds. The van der Waals surface area contributed by atoms with Crippen LogP contribution in [0.2, 0.25) is 0 Å². The first-order chi connectivity index (χ1) is 5.38. The standard InChI is InChI=1S/C6H7ClN4/c7-4-6-9-5-10-11(6)3-1-2-8/h5H,1,3-4H2. The van der Waals surface area contributed by atoms with Crippen molar-refractivity contribution in [3.8, 4) is 6.07 Å². The molecule has 58 valence electrons. The molecular formula is C6H7ClN4.